The number of piperidine rings is 4. The number of Topliss-reactive ketones (excluding diaryl/α,β-unsaturated/α-hetero) is 4. The minimum Gasteiger partial charge on any atom is -0.504 e. The van der Waals surface area contributed by atoms with Gasteiger partial charge in [0.2, 0.25) is 0 Å². The van der Waals surface area contributed by atoms with E-state index in [1.807, 2.05) is 24.3 Å². The summed E-state index contributed by atoms with van der Waals surface area (Å²) < 4.78 is 23.6. The number of hydrogen-bond acceptors (Lipinski definition) is 20. The number of hydrogen-bond donors (Lipinski definition) is 12. The van der Waals surface area contributed by atoms with Crippen molar-refractivity contribution in [1.82, 2.24) is 21.3 Å². The van der Waals surface area contributed by atoms with Crippen LogP contribution in [-0.2, 0) is 66.5 Å². The van der Waals surface area contributed by atoms with Crippen LogP contribution < -0.4 is 40.2 Å². The summed E-state index contributed by atoms with van der Waals surface area (Å²) in [7, 11) is 0. The van der Waals surface area contributed by atoms with E-state index in [0.717, 1.165) is 70.7 Å². The number of aromatic hydroxyl groups is 4. The minimum atomic E-state index is -0.962. The monoisotopic (exact) mass is 1150 g/mol. The van der Waals surface area contributed by atoms with Gasteiger partial charge in [-0.3, -0.25) is 19.2 Å². The first kappa shape index (κ1) is 52.0. The van der Waals surface area contributed by atoms with Crippen LogP contribution in [0.2, 0.25) is 0 Å². The number of phenolic OH excluding ortho intramolecular Hbond substituents is 4. The maximum atomic E-state index is 12.4. The molecule has 4 saturated carbocycles. The van der Waals surface area contributed by atoms with Crippen LogP contribution in [0.5, 0.6) is 46.0 Å². The number of ketones is 4. The molecule has 440 valence electrons. The molecule has 4 saturated heterocycles. The summed E-state index contributed by atoms with van der Waals surface area (Å²) in [6.07, 6.45) is 6.15. The third-order valence-electron chi connectivity index (χ3n) is 24.3. The molecule has 4 spiro atoms. The second-order valence-electron chi connectivity index (χ2n) is 27.1. The van der Waals surface area contributed by atoms with Gasteiger partial charge in [-0.25, -0.2) is 0 Å². The summed E-state index contributed by atoms with van der Waals surface area (Å²) in [6, 6.07) is 13.9. The van der Waals surface area contributed by atoms with Crippen LogP contribution in [0.1, 0.15) is 122 Å². The summed E-state index contributed by atoms with van der Waals surface area (Å²) in [5, 5.41) is 100. The van der Waals surface area contributed by atoms with Crippen LogP contribution in [0.4, 0.5) is 0 Å². The quantitative estimate of drug-likeness (QED) is 0.119. The van der Waals surface area contributed by atoms with Gasteiger partial charge < -0.3 is 81.1 Å². The predicted octanol–water partition coefficient (Wildman–Crippen LogP) is 1.61. The van der Waals surface area contributed by atoms with Crippen LogP contribution in [0.25, 0.3) is 0 Å². The largest absolute Gasteiger partial charge is 0.504 e. The number of rotatable bonds is 0. The molecule has 4 aromatic rings. The Hall–Kier alpha value is -6.36. The molecule has 8 aliphatic heterocycles. The number of ether oxygens (including phenoxy) is 4. The van der Waals surface area contributed by atoms with Gasteiger partial charge in [0.25, 0.3) is 0 Å². The van der Waals surface area contributed by atoms with Crippen LogP contribution in [0.15, 0.2) is 48.5 Å². The van der Waals surface area contributed by atoms with Gasteiger partial charge in [0, 0.05) is 72.1 Å². The van der Waals surface area contributed by atoms with Crippen molar-refractivity contribution in [2.24, 2.45) is 0 Å². The van der Waals surface area contributed by atoms with E-state index in [1.54, 1.807) is 24.3 Å². The number of carbonyl (C=O) groups excluding carboxylic acids is 4. The summed E-state index contributed by atoms with van der Waals surface area (Å²) in [4.78, 5) is 49.7. The van der Waals surface area contributed by atoms with Gasteiger partial charge in [-0.05, 0) is 150 Å². The molecule has 8 bridgehead atoms. The average molecular weight is 1150 g/mol. The van der Waals surface area contributed by atoms with E-state index in [1.165, 1.54) is 0 Å². The molecule has 20 rings (SSSR count). The predicted molar refractivity (Wildman–Crippen MR) is 294 cm³/mol. The smallest absolute Gasteiger partial charge is 0.174 e. The third kappa shape index (κ3) is 5.80. The molecule has 84 heavy (non-hydrogen) atoms. The highest BCUT2D eigenvalue weighted by atomic mass is 16.5. The lowest BCUT2D eigenvalue weighted by atomic mass is 9.49. The molecule has 12 N–H and O–H groups in total. The first-order valence-electron chi connectivity index (χ1n) is 30.3. The zero-order chi connectivity index (χ0) is 57.6. The van der Waals surface area contributed by atoms with Crippen LogP contribution >= 0.6 is 0 Å². The minimum absolute atomic E-state index is 0.0452. The van der Waals surface area contributed by atoms with Crippen molar-refractivity contribution < 1.29 is 79.0 Å². The maximum Gasteiger partial charge on any atom is 0.174 e. The van der Waals surface area contributed by atoms with Gasteiger partial charge >= 0.3 is 0 Å². The first-order valence-corrected chi connectivity index (χ1v) is 30.3. The lowest BCUT2D eigenvalue weighted by molar-refractivity contribution is -0.166. The topological polar surface area (TPSA) is 315 Å². The van der Waals surface area contributed by atoms with Crippen LogP contribution in [-0.4, -0.2) is 161 Å². The van der Waals surface area contributed by atoms with Gasteiger partial charge in [-0.15, -0.1) is 0 Å². The molecule has 8 fully saturated rings. The fourth-order valence-corrected chi connectivity index (χ4v) is 20.9. The van der Waals surface area contributed by atoms with E-state index in [2.05, 4.69) is 21.3 Å². The second-order valence-corrected chi connectivity index (χ2v) is 27.1. The van der Waals surface area contributed by atoms with E-state index >= 15 is 0 Å². The van der Waals surface area contributed by atoms with Crippen LogP contribution in [0.3, 0.4) is 0 Å². The first-order chi connectivity index (χ1) is 40.3. The molecule has 4 aromatic carbocycles. The van der Waals surface area contributed by atoms with Crippen molar-refractivity contribution in [3.05, 3.63) is 93.0 Å². The van der Waals surface area contributed by atoms with Crippen molar-refractivity contribution in [3.8, 4) is 46.0 Å². The Morgan fingerprint density at radius 1 is 0.333 bits per heavy atom. The molecule has 8 aliphatic carbocycles. The van der Waals surface area contributed by atoms with Crippen molar-refractivity contribution in [3.63, 3.8) is 0 Å². The van der Waals surface area contributed by atoms with Gasteiger partial charge in [-0.1, -0.05) is 24.3 Å². The molecule has 16 atom stereocenters. The Bertz CT molecular complexity index is 3220. The van der Waals surface area contributed by atoms with Gasteiger partial charge in [0.05, 0.1) is 44.1 Å². The molecular weight excluding hydrogens is 1080 g/mol. The highest BCUT2D eigenvalue weighted by Crippen LogP contribution is 2.68. The van der Waals surface area contributed by atoms with E-state index in [-0.39, 0.29) is 70.3 Å². The molecular formula is C64H68N4O16. The van der Waals surface area contributed by atoms with E-state index in [9.17, 15) is 60.0 Å². The van der Waals surface area contributed by atoms with Gasteiger partial charge in [0.1, 0.15) is 0 Å². The lowest BCUT2D eigenvalue weighted by Gasteiger charge is -2.59. The van der Waals surface area contributed by atoms with Crippen molar-refractivity contribution >= 4 is 23.1 Å². The summed E-state index contributed by atoms with van der Waals surface area (Å²) in [5.41, 5.74) is 1.33. The maximum absolute atomic E-state index is 12.4. The Kier molecular flexibility index (Phi) is 10.4. The summed E-state index contributed by atoms with van der Waals surface area (Å²) in [6.45, 7) is 3.03. The molecule has 0 aromatic heterocycles. The van der Waals surface area contributed by atoms with Gasteiger partial charge in [-0.2, -0.15) is 0 Å². The second kappa shape index (κ2) is 16.8. The van der Waals surface area contributed by atoms with E-state index in [4.69, 9.17) is 18.9 Å². The molecule has 16 aliphatic rings. The van der Waals surface area contributed by atoms with Crippen molar-refractivity contribution in [2.45, 2.75) is 195 Å². The Morgan fingerprint density at radius 3 is 0.762 bits per heavy atom. The Labute approximate surface area is 482 Å². The number of nitrogens with one attached hydrogen (secondary N) is 4. The number of benzene rings is 4. The lowest BCUT2D eigenvalue weighted by Crippen LogP contribution is -2.76. The number of phenols is 4. The fourth-order valence-electron chi connectivity index (χ4n) is 20.9. The number of carbonyl (C=O) groups is 4. The molecule has 0 radical (unpaired) electrons. The highest BCUT2D eigenvalue weighted by Gasteiger charge is 2.76. The SMILES string of the molecule is O=C1CC[C@@]2(O)[C@H]3Cc4ccc(O)c5c4[C@@]2(CCN3)[C@H]1O5.O=C1CC[C@@]2(O)[C@H]3Cc4ccc(O)c5c4[C@@]2(CCN3)[C@H]1O5.O=C1CC[C@@]2(O)[C@H]3Cc4ccc(O)c5c4[C@@]2(CCN3)[C@H]1O5.O=C1CC[C@@]2(O)[C@H]3Cc4ccc(O)c5c4[C@@]2(CCN3)[C@H]1O5. The summed E-state index contributed by atoms with van der Waals surface area (Å²) >= 11 is 0. The summed E-state index contributed by atoms with van der Waals surface area (Å²) in [5.74, 6) is 2.17. The highest BCUT2D eigenvalue weighted by molar-refractivity contribution is 5.93. The zero-order valence-corrected chi connectivity index (χ0v) is 46.2. The Morgan fingerprint density at radius 2 is 0.548 bits per heavy atom. The number of aliphatic hydroxyl groups is 4. The Balaban J connectivity index is 0.0000000882. The van der Waals surface area contributed by atoms with Crippen molar-refractivity contribution in [1.29, 1.82) is 0 Å². The van der Waals surface area contributed by atoms with Gasteiger partial charge in [0.15, 0.2) is 93.5 Å². The normalized spacial score (nSPS) is 42.4. The molecule has 0 unspecified atom stereocenters. The third-order valence-corrected chi connectivity index (χ3v) is 24.3. The molecule has 0 amide bonds. The van der Waals surface area contributed by atoms with Crippen LogP contribution in [0, 0.1) is 0 Å². The zero-order valence-electron chi connectivity index (χ0n) is 46.2. The van der Waals surface area contributed by atoms with Crippen molar-refractivity contribution in [2.75, 3.05) is 26.2 Å². The molecule has 8 heterocycles. The molecule has 20 nitrogen and oxygen atoms in total. The van der Waals surface area contributed by atoms with E-state index < -0.39 is 68.5 Å². The van der Waals surface area contributed by atoms with E-state index in [0.29, 0.717) is 126 Å². The fraction of sp³-hybridized carbons (Fsp3) is 0.562. The average Bonchev–Trinajstić information content (AvgIpc) is 1.52. The molecule has 20 heteroatoms. The standard InChI is InChI=1S/4C16H17NO4/c4*18-9-2-1-8-7-11-16(20)4-3-10(19)14-15(16,5-6-17-11)12(8)13(9)21-14/h4*1-2,11,14,17-18,20H,3-7H2/t4*11-,14+,15+,16-/m1111/s1.